The Balaban J connectivity index is 1.73. The molecule has 1 aliphatic heterocycles. The van der Waals surface area contributed by atoms with Crippen LogP contribution in [0, 0.1) is 5.92 Å². The van der Waals surface area contributed by atoms with Crippen molar-refractivity contribution in [1.82, 2.24) is 9.21 Å². The molecule has 1 N–H and O–H groups in total. The number of carbonyl (C=O) groups excluding carboxylic acids is 1. The lowest BCUT2D eigenvalue weighted by Crippen LogP contribution is -2.47. The summed E-state index contributed by atoms with van der Waals surface area (Å²) in [6.07, 6.45) is 4.03. The lowest BCUT2D eigenvalue weighted by molar-refractivity contribution is -0.119. The molecule has 0 spiro atoms. The van der Waals surface area contributed by atoms with E-state index < -0.39 is 10.0 Å². The van der Waals surface area contributed by atoms with Crippen molar-refractivity contribution in [2.45, 2.75) is 30.6 Å². The molecule has 0 atom stereocenters. The van der Waals surface area contributed by atoms with Gasteiger partial charge in [-0.25, -0.2) is 8.42 Å². The van der Waals surface area contributed by atoms with Gasteiger partial charge < -0.3 is 10.2 Å². The highest BCUT2D eigenvalue weighted by Gasteiger charge is 2.28. The fraction of sp³-hybridized carbons (Fsp3) is 0.588. The van der Waals surface area contributed by atoms with Crippen molar-refractivity contribution in [2.24, 2.45) is 5.92 Å². The van der Waals surface area contributed by atoms with E-state index in [9.17, 15) is 13.2 Å². The highest BCUT2D eigenvalue weighted by Crippen LogP contribution is 2.27. The summed E-state index contributed by atoms with van der Waals surface area (Å²) < 4.78 is 27.1. The normalized spacial score (nSPS) is 21.0. The molecule has 132 valence electrons. The van der Waals surface area contributed by atoms with Gasteiger partial charge in [0.2, 0.25) is 15.9 Å². The first-order valence-electron chi connectivity index (χ1n) is 8.56. The Labute approximate surface area is 143 Å². The van der Waals surface area contributed by atoms with E-state index in [4.69, 9.17) is 0 Å². The summed E-state index contributed by atoms with van der Waals surface area (Å²) >= 11 is 0. The molecule has 1 saturated carbocycles. The number of benzene rings is 1. The predicted molar refractivity (Wildman–Crippen MR) is 93.3 cm³/mol. The highest BCUT2D eigenvalue weighted by atomic mass is 32.2. The topological polar surface area (TPSA) is 69.7 Å². The maximum Gasteiger partial charge on any atom is 0.243 e. The highest BCUT2D eigenvalue weighted by molar-refractivity contribution is 7.89. The van der Waals surface area contributed by atoms with E-state index in [2.05, 4.69) is 10.2 Å². The average molecular weight is 351 g/mol. The van der Waals surface area contributed by atoms with Crippen LogP contribution in [-0.4, -0.2) is 56.8 Å². The Bertz CT molecular complexity index is 691. The number of anilines is 1. The number of carbonyl (C=O) groups is 1. The summed E-state index contributed by atoms with van der Waals surface area (Å²) in [5, 5.41) is 2.88. The molecule has 0 radical (unpaired) electrons. The van der Waals surface area contributed by atoms with Crippen molar-refractivity contribution >= 4 is 21.6 Å². The van der Waals surface area contributed by atoms with Gasteiger partial charge in [-0.2, -0.15) is 4.31 Å². The largest absolute Gasteiger partial charge is 0.326 e. The van der Waals surface area contributed by atoms with E-state index >= 15 is 0 Å². The molecule has 1 heterocycles. The Hall–Kier alpha value is -1.44. The van der Waals surface area contributed by atoms with Gasteiger partial charge in [-0.1, -0.05) is 18.9 Å². The number of sulfonamides is 1. The number of amides is 1. The number of rotatable bonds is 4. The molecule has 1 aromatic carbocycles. The summed E-state index contributed by atoms with van der Waals surface area (Å²) in [6.45, 7) is 2.46. The minimum absolute atomic E-state index is 0.00152. The van der Waals surface area contributed by atoms with Gasteiger partial charge in [-0.3, -0.25) is 4.79 Å². The van der Waals surface area contributed by atoms with Crippen molar-refractivity contribution in [1.29, 1.82) is 0 Å². The molecule has 0 unspecified atom stereocenters. The van der Waals surface area contributed by atoms with E-state index in [0.717, 1.165) is 38.8 Å². The minimum Gasteiger partial charge on any atom is -0.326 e. The molecule has 0 aromatic heterocycles. The van der Waals surface area contributed by atoms with E-state index in [0.29, 0.717) is 18.8 Å². The van der Waals surface area contributed by atoms with Crippen LogP contribution in [0.2, 0.25) is 0 Å². The van der Waals surface area contributed by atoms with Gasteiger partial charge in [0.05, 0.1) is 4.90 Å². The van der Waals surface area contributed by atoms with Crippen molar-refractivity contribution in [3.05, 3.63) is 24.3 Å². The zero-order valence-corrected chi connectivity index (χ0v) is 14.9. The maximum atomic E-state index is 12.8. The molecule has 0 bridgehead atoms. The zero-order chi connectivity index (χ0) is 17.2. The van der Waals surface area contributed by atoms with Gasteiger partial charge in [-0.15, -0.1) is 0 Å². The number of hydrogen-bond donors (Lipinski definition) is 1. The van der Waals surface area contributed by atoms with Crippen molar-refractivity contribution in [3.8, 4) is 0 Å². The van der Waals surface area contributed by atoms with Crippen LogP contribution in [0.1, 0.15) is 25.7 Å². The third-order valence-electron chi connectivity index (χ3n) is 4.93. The van der Waals surface area contributed by atoms with Gasteiger partial charge >= 0.3 is 0 Å². The number of likely N-dealkylation sites (N-methyl/N-ethyl adjacent to an activating group) is 1. The molecular formula is C17H25N3O3S. The SMILES string of the molecule is CN1CCN(S(=O)(=O)c2cccc(NC(=O)C3CCCC3)c2)CC1. The van der Waals surface area contributed by atoms with Crippen LogP contribution < -0.4 is 5.32 Å². The molecule has 1 saturated heterocycles. The Kier molecular flexibility index (Phi) is 5.22. The van der Waals surface area contributed by atoms with Gasteiger partial charge in [0.15, 0.2) is 0 Å². The lowest BCUT2D eigenvalue weighted by atomic mass is 10.1. The standard InChI is InChI=1S/C17H25N3O3S/c1-19-9-11-20(12-10-19)24(22,23)16-8-4-7-15(13-16)18-17(21)14-5-2-3-6-14/h4,7-8,13-14H,2-3,5-6,9-12H2,1H3,(H,18,21). The zero-order valence-electron chi connectivity index (χ0n) is 14.1. The number of hydrogen-bond acceptors (Lipinski definition) is 4. The molecule has 6 nitrogen and oxygen atoms in total. The van der Waals surface area contributed by atoms with E-state index in [-0.39, 0.29) is 16.7 Å². The molecule has 2 fully saturated rings. The van der Waals surface area contributed by atoms with Crippen molar-refractivity contribution in [3.63, 3.8) is 0 Å². The first-order valence-corrected chi connectivity index (χ1v) is 10.0. The molecule has 1 aliphatic carbocycles. The number of nitrogens with one attached hydrogen (secondary N) is 1. The van der Waals surface area contributed by atoms with Crippen LogP contribution in [0.25, 0.3) is 0 Å². The molecule has 1 amide bonds. The van der Waals surface area contributed by atoms with Crippen LogP contribution >= 0.6 is 0 Å². The first-order chi connectivity index (χ1) is 11.5. The molecule has 3 rings (SSSR count). The minimum atomic E-state index is -3.51. The monoisotopic (exact) mass is 351 g/mol. The fourth-order valence-corrected chi connectivity index (χ4v) is 4.81. The van der Waals surface area contributed by atoms with E-state index in [1.807, 2.05) is 7.05 Å². The second kappa shape index (κ2) is 7.21. The first kappa shape index (κ1) is 17.4. The quantitative estimate of drug-likeness (QED) is 0.897. The summed E-state index contributed by atoms with van der Waals surface area (Å²) in [5.74, 6) is 0.0598. The summed E-state index contributed by atoms with van der Waals surface area (Å²) in [5.41, 5.74) is 0.558. The van der Waals surface area contributed by atoms with Gasteiger partial charge in [0, 0.05) is 37.8 Å². The van der Waals surface area contributed by atoms with E-state index in [1.165, 1.54) is 4.31 Å². The number of nitrogens with zero attached hydrogens (tertiary/aromatic N) is 2. The smallest absolute Gasteiger partial charge is 0.243 e. The lowest BCUT2D eigenvalue weighted by Gasteiger charge is -2.31. The molecule has 24 heavy (non-hydrogen) atoms. The Morgan fingerprint density at radius 1 is 1.12 bits per heavy atom. The Morgan fingerprint density at radius 3 is 2.46 bits per heavy atom. The third kappa shape index (κ3) is 3.79. The van der Waals surface area contributed by atoms with Crippen LogP contribution in [-0.2, 0) is 14.8 Å². The van der Waals surface area contributed by atoms with Gasteiger partial charge in [-0.05, 0) is 38.1 Å². The summed E-state index contributed by atoms with van der Waals surface area (Å²) in [4.78, 5) is 14.6. The Morgan fingerprint density at radius 2 is 1.79 bits per heavy atom. The van der Waals surface area contributed by atoms with Gasteiger partial charge in [0.25, 0.3) is 0 Å². The average Bonchev–Trinajstić information content (AvgIpc) is 3.10. The summed E-state index contributed by atoms with van der Waals surface area (Å²) in [7, 11) is -1.52. The second-order valence-electron chi connectivity index (χ2n) is 6.71. The molecule has 1 aromatic rings. The number of piperazine rings is 1. The van der Waals surface area contributed by atoms with E-state index in [1.54, 1.807) is 24.3 Å². The molecular weight excluding hydrogens is 326 g/mol. The van der Waals surface area contributed by atoms with Crippen LogP contribution in [0.15, 0.2) is 29.2 Å². The van der Waals surface area contributed by atoms with Crippen LogP contribution in [0.4, 0.5) is 5.69 Å². The van der Waals surface area contributed by atoms with Crippen molar-refractivity contribution in [2.75, 3.05) is 38.5 Å². The van der Waals surface area contributed by atoms with Crippen molar-refractivity contribution < 1.29 is 13.2 Å². The fourth-order valence-electron chi connectivity index (χ4n) is 3.34. The van der Waals surface area contributed by atoms with Gasteiger partial charge in [0.1, 0.15) is 0 Å². The second-order valence-corrected chi connectivity index (χ2v) is 8.64. The van der Waals surface area contributed by atoms with Crippen LogP contribution in [0.5, 0.6) is 0 Å². The predicted octanol–water partition coefficient (Wildman–Crippen LogP) is 1.75. The third-order valence-corrected chi connectivity index (χ3v) is 6.82. The van der Waals surface area contributed by atoms with Crippen LogP contribution in [0.3, 0.4) is 0 Å². The molecule has 7 heteroatoms. The molecule has 2 aliphatic rings. The summed E-state index contributed by atoms with van der Waals surface area (Å²) in [6, 6.07) is 6.60. The maximum absolute atomic E-state index is 12.8.